The van der Waals surface area contributed by atoms with Gasteiger partial charge in [0.1, 0.15) is 5.82 Å². The number of benzene rings is 1. The van der Waals surface area contributed by atoms with Crippen molar-refractivity contribution in [2.45, 2.75) is 26.7 Å². The first-order chi connectivity index (χ1) is 12.4. The Morgan fingerprint density at radius 1 is 1.31 bits per heavy atom. The van der Waals surface area contributed by atoms with E-state index in [0.717, 1.165) is 12.8 Å². The van der Waals surface area contributed by atoms with E-state index in [-0.39, 0.29) is 23.5 Å². The summed E-state index contributed by atoms with van der Waals surface area (Å²) in [6.07, 6.45) is 1.58. The van der Waals surface area contributed by atoms with Crippen LogP contribution in [0.15, 0.2) is 24.3 Å². The predicted molar refractivity (Wildman–Crippen MR) is 98.3 cm³/mol. The molecule has 1 fully saturated rings. The molecule has 1 aromatic carbocycles. The van der Waals surface area contributed by atoms with E-state index in [0.29, 0.717) is 44.3 Å². The minimum atomic E-state index is -0.365. The maximum absolute atomic E-state index is 13.1. The molecule has 5 nitrogen and oxygen atoms in total. The Labute approximate surface area is 155 Å². The van der Waals surface area contributed by atoms with Crippen molar-refractivity contribution >= 4 is 11.8 Å². The van der Waals surface area contributed by atoms with Gasteiger partial charge in [0.2, 0.25) is 5.91 Å². The number of methoxy groups -OCH3 is 1. The summed E-state index contributed by atoms with van der Waals surface area (Å²) in [5.74, 6) is -0.238. The molecule has 0 saturated carbocycles. The van der Waals surface area contributed by atoms with Gasteiger partial charge in [-0.25, -0.2) is 4.39 Å². The Morgan fingerprint density at radius 2 is 2.00 bits per heavy atom. The number of piperidine rings is 1. The first kappa shape index (κ1) is 20.4. The number of nitrogens with zero attached hydrogens (tertiary/aromatic N) is 2. The SMILES string of the molecule is COCCN(CC(C)C)C(=O)C1CCCN(C(=O)c2ccc(F)cc2)C1. The minimum Gasteiger partial charge on any atom is -0.383 e. The lowest BCUT2D eigenvalue weighted by Crippen LogP contribution is -2.48. The van der Waals surface area contributed by atoms with Crippen LogP contribution in [0.2, 0.25) is 0 Å². The van der Waals surface area contributed by atoms with E-state index in [1.54, 1.807) is 12.0 Å². The summed E-state index contributed by atoms with van der Waals surface area (Å²) in [5, 5.41) is 0. The van der Waals surface area contributed by atoms with Crippen molar-refractivity contribution in [2.75, 3.05) is 39.9 Å². The third-order valence-corrected chi connectivity index (χ3v) is 4.61. The van der Waals surface area contributed by atoms with Crippen LogP contribution in [0.3, 0.4) is 0 Å². The van der Waals surface area contributed by atoms with Gasteiger partial charge in [0.05, 0.1) is 12.5 Å². The molecule has 0 aromatic heterocycles. The monoisotopic (exact) mass is 364 g/mol. The zero-order chi connectivity index (χ0) is 19.1. The number of halogens is 1. The summed E-state index contributed by atoms with van der Waals surface area (Å²) in [4.78, 5) is 29.2. The van der Waals surface area contributed by atoms with Crippen LogP contribution in [0.1, 0.15) is 37.0 Å². The molecule has 1 saturated heterocycles. The fourth-order valence-electron chi connectivity index (χ4n) is 3.33. The predicted octanol–water partition coefficient (Wildman–Crippen LogP) is 2.81. The van der Waals surface area contributed by atoms with E-state index < -0.39 is 0 Å². The Bertz CT molecular complexity index is 604. The topological polar surface area (TPSA) is 49.9 Å². The number of hydrogen-bond acceptors (Lipinski definition) is 3. The van der Waals surface area contributed by atoms with E-state index in [4.69, 9.17) is 4.74 Å². The average Bonchev–Trinajstić information content (AvgIpc) is 2.64. The quantitative estimate of drug-likeness (QED) is 0.748. The number of carbonyl (C=O) groups excluding carboxylic acids is 2. The summed E-state index contributed by atoms with van der Waals surface area (Å²) >= 11 is 0. The van der Waals surface area contributed by atoms with Crippen LogP contribution < -0.4 is 0 Å². The standard InChI is InChI=1S/C20H29FN2O3/c1-15(2)13-23(11-12-26-3)20(25)17-5-4-10-22(14-17)19(24)16-6-8-18(21)9-7-16/h6-9,15,17H,4-5,10-14H2,1-3H3. The highest BCUT2D eigenvalue weighted by Crippen LogP contribution is 2.21. The molecular weight excluding hydrogens is 335 g/mol. The Hall–Kier alpha value is -1.95. The lowest BCUT2D eigenvalue weighted by atomic mass is 9.95. The molecule has 0 spiro atoms. The molecule has 26 heavy (non-hydrogen) atoms. The van der Waals surface area contributed by atoms with Crippen molar-refractivity contribution in [2.24, 2.45) is 11.8 Å². The van der Waals surface area contributed by atoms with Gasteiger partial charge in [-0.2, -0.15) is 0 Å². The molecule has 2 rings (SSSR count). The lowest BCUT2D eigenvalue weighted by molar-refractivity contribution is -0.138. The Morgan fingerprint density at radius 3 is 2.62 bits per heavy atom. The van der Waals surface area contributed by atoms with Crippen LogP contribution in [0.4, 0.5) is 4.39 Å². The average molecular weight is 364 g/mol. The van der Waals surface area contributed by atoms with Crippen molar-refractivity contribution in [3.8, 4) is 0 Å². The van der Waals surface area contributed by atoms with Crippen LogP contribution >= 0.6 is 0 Å². The van der Waals surface area contributed by atoms with Gasteiger partial charge in [-0.15, -0.1) is 0 Å². The maximum atomic E-state index is 13.1. The van der Waals surface area contributed by atoms with Gasteiger partial charge in [0.15, 0.2) is 0 Å². The van der Waals surface area contributed by atoms with E-state index in [2.05, 4.69) is 13.8 Å². The third-order valence-electron chi connectivity index (χ3n) is 4.61. The summed E-state index contributed by atoms with van der Waals surface area (Å²) in [6, 6.07) is 5.56. The molecule has 0 aliphatic carbocycles. The highest BCUT2D eigenvalue weighted by Gasteiger charge is 2.31. The van der Waals surface area contributed by atoms with Gasteiger partial charge < -0.3 is 14.5 Å². The van der Waals surface area contributed by atoms with Crippen molar-refractivity contribution in [3.05, 3.63) is 35.6 Å². The van der Waals surface area contributed by atoms with Crippen LogP contribution in [-0.4, -0.2) is 61.5 Å². The van der Waals surface area contributed by atoms with Crippen molar-refractivity contribution < 1.29 is 18.7 Å². The molecule has 1 unspecified atom stereocenters. The fraction of sp³-hybridized carbons (Fsp3) is 0.600. The molecule has 0 bridgehead atoms. The summed E-state index contributed by atoms with van der Waals surface area (Å²) in [5.41, 5.74) is 0.456. The van der Waals surface area contributed by atoms with Crippen LogP contribution in [0.25, 0.3) is 0 Å². The molecule has 1 heterocycles. The van der Waals surface area contributed by atoms with Crippen LogP contribution in [0, 0.1) is 17.7 Å². The number of likely N-dealkylation sites (tertiary alicyclic amines) is 1. The summed E-state index contributed by atoms with van der Waals surface area (Å²) in [7, 11) is 1.63. The second kappa shape index (κ2) is 9.67. The number of carbonyl (C=O) groups is 2. The van der Waals surface area contributed by atoms with Crippen molar-refractivity contribution in [1.29, 1.82) is 0 Å². The molecule has 0 radical (unpaired) electrons. The van der Waals surface area contributed by atoms with Gasteiger partial charge in [0, 0.05) is 38.9 Å². The molecule has 2 amide bonds. The Balaban J connectivity index is 2.04. The fourth-order valence-corrected chi connectivity index (χ4v) is 3.33. The molecule has 0 N–H and O–H groups in total. The van der Waals surface area contributed by atoms with E-state index in [1.807, 2.05) is 4.90 Å². The number of hydrogen-bond donors (Lipinski definition) is 0. The molecule has 1 aliphatic rings. The van der Waals surface area contributed by atoms with Crippen molar-refractivity contribution in [1.82, 2.24) is 9.80 Å². The lowest BCUT2D eigenvalue weighted by Gasteiger charge is -2.35. The third kappa shape index (κ3) is 5.53. The van der Waals surface area contributed by atoms with Gasteiger partial charge in [-0.05, 0) is 43.0 Å². The largest absolute Gasteiger partial charge is 0.383 e. The summed E-state index contributed by atoms with van der Waals surface area (Å²) < 4.78 is 18.2. The zero-order valence-electron chi connectivity index (χ0n) is 15.9. The van der Waals surface area contributed by atoms with E-state index in [1.165, 1.54) is 24.3 Å². The Kier molecular flexibility index (Phi) is 7.57. The molecule has 1 aliphatic heterocycles. The van der Waals surface area contributed by atoms with E-state index in [9.17, 15) is 14.0 Å². The highest BCUT2D eigenvalue weighted by atomic mass is 19.1. The molecule has 1 atom stereocenters. The van der Waals surface area contributed by atoms with E-state index >= 15 is 0 Å². The normalized spacial score (nSPS) is 17.4. The first-order valence-electron chi connectivity index (χ1n) is 9.25. The van der Waals surface area contributed by atoms with Gasteiger partial charge in [0.25, 0.3) is 5.91 Å². The molecule has 6 heteroatoms. The maximum Gasteiger partial charge on any atom is 0.253 e. The number of ether oxygens (including phenoxy) is 1. The number of amides is 2. The first-order valence-corrected chi connectivity index (χ1v) is 9.25. The minimum absolute atomic E-state index is 0.0901. The molecule has 1 aromatic rings. The van der Waals surface area contributed by atoms with Crippen molar-refractivity contribution in [3.63, 3.8) is 0 Å². The van der Waals surface area contributed by atoms with Crippen LogP contribution in [0.5, 0.6) is 0 Å². The van der Waals surface area contributed by atoms with Crippen LogP contribution in [-0.2, 0) is 9.53 Å². The highest BCUT2D eigenvalue weighted by molar-refractivity contribution is 5.94. The summed E-state index contributed by atoms with van der Waals surface area (Å²) in [6.45, 7) is 6.96. The smallest absolute Gasteiger partial charge is 0.253 e. The second-order valence-electron chi connectivity index (χ2n) is 7.27. The zero-order valence-corrected chi connectivity index (χ0v) is 15.9. The van der Waals surface area contributed by atoms with Gasteiger partial charge in [-0.3, -0.25) is 9.59 Å². The van der Waals surface area contributed by atoms with Gasteiger partial charge in [-0.1, -0.05) is 13.8 Å². The molecular formula is C20H29FN2O3. The molecule has 144 valence electrons. The van der Waals surface area contributed by atoms with Gasteiger partial charge >= 0.3 is 0 Å². The number of rotatable bonds is 7. The second-order valence-corrected chi connectivity index (χ2v) is 7.27.